The summed E-state index contributed by atoms with van der Waals surface area (Å²) in [7, 11) is 1.71. The maximum absolute atomic E-state index is 12.8. The number of alkyl halides is 3. The average Bonchev–Trinajstić information content (AvgIpc) is 2.33. The molecule has 0 fully saturated rings. The third-order valence-corrected chi connectivity index (χ3v) is 2.66. The van der Waals surface area contributed by atoms with Crippen LogP contribution in [-0.2, 0) is 6.18 Å². The molecule has 0 atom stereocenters. The summed E-state index contributed by atoms with van der Waals surface area (Å²) in [4.78, 5) is 8.77. The number of hydrogen-bond donors (Lipinski definition) is 1. The Labute approximate surface area is 111 Å². The van der Waals surface area contributed by atoms with Gasteiger partial charge in [0, 0.05) is 25.7 Å². The fourth-order valence-electron chi connectivity index (χ4n) is 1.35. The Balaban J connectivity index is 3.16. The molecule has 0 radical (unpaired) electrons. The molecular weight excluding hydrogens is 257 g/mol. The number of halogens is 3. The van der Waals surface area contributed by atoms with Gasteiger partial charge in [-0.3, -0.25) is 0 Å². The molecule has 1 aromatic rings. The maximum atomic E-state index is 12.8. The van der Waals surface area contributed by atoms with Crippen molar-refractivity contribution in [2.24, 2.45) is 0 Å². The second-order valence-corrected chi connectivity index (χ2v) is 4.56. The molecular formula is C12H19F3N4. The highest BCUT2D eigenvalue weighted by Gasteiger charge is 2.35. The van der Waals surface area contributed by atoms with Crippen molar-refractivity contribution in [3.8, 4) is 0 Å². The van der Waals surface area contributed by atoms with Gasteiger partial charge < -0.3 is 10.2 Å². The van der Waals surface area contributed by atoms with Gasteiger partial charge >= 0.3 is 6.18 Å². The molecule has 0 aromatic carbocycles. The first kappa shape index (κ1) is 15.5. The molecule has 0 saturated carbocycles. The van der Waals surface area contributed by atoms with Crippen LogP contribution in [0.25, 0.3) is 0 Å². The van der Waals surface area contributed by atoms with Crippen LogP contribution in [0.2, 0.25) is 0 Å². The van der Waals surface area contributed by atoms with E-state index >= 15 is 0 Å². The van der Waals surface area contributed by atoms with E-state index in [1.165, 1.54) is 6.07 Å². The van der Waals surface area contributed by atoms with Gasteiger partial charge in [0.1, 0.15) is 11.6 Å². The Morgan fingerprint density at radius 1 is 1.32 bits per heavy atom. The lowest BCUT2D eigenvalue weighted by Crippen LogP contribution is -2.28. The summed E-state index contributed by atoms with van der Waals surface area (Å²) in [6.45, 7) is 6.27. The van der Waals surface area contributed by atoms with Gasteiger partial charge in [-0.1, -0.05) is 6.92 Å². The number of aromatic nitrogens is 2. The van der Waals surface area contributed by atoms with E-state index < -0.39 is 12.0 Å². The summed E-state index contributed by atoms with van der Waals surface area (Å²) in [6.07, 6.45) is -3.74. The third kappa shape index (κ3) is 4.25. The monoisotopic (exact) mass is 276 g/mol. The minimum atomic E-state index is -4.55. The Morgan fingerprint density at radius 2 is 1.95 bits per heavy atom. The molecule has 108 valence electrons. The van der Waals surface area contributed by atoms with Crippen molar-refractivity contribution in [1.29, 1.82) is 0 Å². The molecule has 0 amide bonds. The van der Waals surface area contributed by atoms with Crippen LogP contribution in [0.15, 0.2) is 6.07 Å². The highest BCUT2D eigenvalue weighted by molar-refractivity contribution is 5.49. The van der Waals surface area contributed by atoms with Crippen molar-refractivity contribution in [3.63, 3.8) is 0 Å². The van der Waals surface area contributed by atoms with Gasteiger partial charge in [-0.15, -0.1) is 0 Å². The van der Waals surface area contributed by atoms with Crippen LogP contribution in [0.5, 0.6) is 0 Å². The second kappa shape index (κ2) is 6.08. The molecule has 0 aliphatic rings. The molecule has 1 aromatic heterocycles. The summed E-state index contributed by atoms with van der Waals surface area (Å²) in [6, 6.07) is 1.58. The van der Waals surface area contributed by atoms with E-state index in [9.17, 15) is 13.2 Å². The molecule has 19 heavy (non-hydrogen) atoms. The van der Waals surface area contributed by atoms with Crippen molar-refractivity contribution in [2.75, 3.05) is 23.8 Å². The van der Waals surface area contributed by atoms with E-state index in [0.29, 0.717) is 6.54 Å². The fraction of sp³-hybridized carbons (Fsp3) is 0.667. The summed E-state index contributed by atoms with van der Waals surface area (Å²) < 4.78 is 38.3. The molecule has 0 aliphatic heterocycles. The lowest BCUT2D eigenvalue weighted by atomic mass is 10.3. The first-order valence-corrected chi connectivity index (χ1v) is 6.18. The molecule has 0 saturated heterocycles. The first-order valence-electron chi connectivity index (χ1n) is 6.18. The number of nitrogens with zero attached hydrogens (tertiary/aromatic N) is 3. The molecule has 4 nitrogen and oxygen atoms in total. The van der Waals surface area contributed by atoms with E-state index in [1.807, 2.05) is 20.8 Å². The second-order valence-electron chi connectivity index (χ2n) is 4.56. The minimum absolute atomic E-state index is 0.0509. The highest BCUT2D eigenvalue weighted by atomic mass is 19.4. The predicted octanol–water partition coefficient (Wildman–Crippen LogP) is 3.16. The Kier molecular flexibility index (Phi) is 4.97. The van der Waals surface area contributed by atoms with Crippen LogP contribution >= 0.6 is 0 Å². The molecule has 0 aliphatic carbocycles. The Morgan fingerprint density at radius 3 is 2.42 bits per heavy atom. The highest BCUT2D eigenvalue weighted by Crippen LogP contribution is 2.29. The van der Waals surface area contributed by atoms with Crippen molar-refractivity contribution in [2.45, 2.75) is 39.4 Å². The molecule has 1 heterocycles. The summed E-state index contributed by atoms with van der Waals surface area (Å²) in [5.74, 6) is -0.654. The smallest absolute Gasteiger partial charge is 0.370 e. The van der Waals surface area contributed by atoms with Gasteiger partial charge in [0.25, 0.3) is 0 Å². The van der Waals surface area contributed by atoms with Crippen molar-refractivity contribution < 1.29 is 13.2 Å². The zero-order valence-corrected chi connectivity index (χ0v) is 11.5. The van der Waals surface area contributed by atoms with E-state index in [2.05, 4.69) is 15.3 Å². The van der Waals surface area contributed by atoms with Gasteiger partial charge in [0.05, 0.1) is 0 Å². The summed E-state index contributed by atoms with van der Waals surface area (Å²) in [5, 5.41) is 2.86. The normalized spacial score (nSPS) is 11.8. The molecule has 0 unspecified atom stereocenters. The largest absolute Gasteiger partial charge is 0.451 e. The number of rotatable bonds is 5. The van der Waals surface area contributed by atoms with E-state index in [-0.39, 0.29) is 17.7 Å². The molecule has 1 N–H and O–H groups in total. The van der Waals surface area contributed by atoms with Gasteiger partial charge in [-0.2, -0.15) is 13.2 Å². The van der Waals surface area contributed by atoms with Crippen LogP contribution in [-0.4, -0.2) is 29.6 Å². The lowest BCUT2D eigenvalue weighted by Gasteiger charge is -2.23. The average molecular weight is 276 g/mol. The topological polar surface area (TPSA) is 41.0 Å². The molecule has 7 heteroatoms. The zero-order valence-electron chi connectivity index (χ0n) is 11.5. The zero-order chi connectivity index (χ0) is 14.6. The fourth-order valence-corrected chi connectivity index (χ4v) is 1.35. The first-order chi connectivity index (χ1) is 8.75. The van der Waals surface area contributed by atoms with Crippen molar-refractivity contribution >= 4 is 11.6 Å². The Bertz CT molecular complexity index is 418. The lowest BCUT2D eigenvalue weighted by molar-refractivity contribution is -0.144. The van der Waals surface area contributed by atoms with Crippen LogP contribution in [0, 0.1) is 0 Å². The van der Waals surface area contributed by atoms with E-state index in [4.69, 9.17) is 0 Å². The third-order valence-electron chi connectivity index (χ3n) is 2.66. The molecule has 0 spiro atoms. The van der Waals surface area contributed by atoms with Gasteiger partial charge in [-0.25, -0.2) is 9.97 Å². The quantitative estimate of drug-likeness (QED) is 0.897. The van der Waals surface area contributed by atoms with Crippen molar-refractivity contribution in [3.05, 3.63) is 11.9 Å². The van der Waals surface area contributed by atoms with Crippen LogP contribution < -0.4 is 10.2 Å². The van der Waals surface area contributed by atoms with E-state index in [1.54, 1.807) is 11.9 Å². The Hall–Kier alpha value is -1.53. The van der Waals surface area contributed by atoms with Crippen LogP contribution in [0.3, 0.4) is 0 Å². The standard InChI is InChI=1S/C12H19F3N4/c1-5-6-16-9-7-10(19(4)8(2)3)18-11(17-9)12(13,14)15/h7-8H,5-6H2,1-4H3,(H,16,17,18). The minimum Gasteiger partial charge on any atom is -0.370 e. The molecule has 0 bridgehead atoms. The molecule has 1 rings (SSSR count). The van der Waals surface area contributed by atoms with Crippen LogP contribution in [0.1, 0.15) is 33.0 Å². The summed E-state index contributed by atoms with van der Waals surface area (Å²) in [5.41, 5.74) is 0. The summed E-state index contributed by atoms with van der Waals surface area (Å²) >= 11 is 0. The SMILES string of the molecule is CCCNc1cc(N(C)C(C)C)nc(C(F)(F)F)n1. The van der Waals surface area contributed by atoms with Gasteiger partial charge in [0.2, 0.25) is 5.82 Å². The van der Waals surface area contributed by atoms with Crippen molar-refractivity contribution in [1.82, 2.24) is 9.97 Å². The number of anilines is 2. The van der Waals surface area contributed by atoms with Gasteiger partial charge in [-0.05, 0) is 20.3 Å². The maximum Gasteiger partial charge on any atom is 0.451 e. The predicted molar refractivity (Wildman–Crippen MR) is 69.4 cm³/mol. The number of hydrogen-bond acceptors (Lipinski definition) is 4. The van der Waals surface area contributed by atoms with Gasteiger partial charge in [0.15, 0.2) is 0 Å². The number of nitrogens with one attached hydrogen (secondary N) is 1. The van der Waals surface area contributed by atoms with Crippen LogP contribution in [0.4, 0.5) is 24.8 Å². The van der Waals surface area contributed by atoms with E-state index in [0.717, 1.165) is 6.42 Å².